The zero-order valence-electron chi connectivity index (χ0n) is 12.1. The van der Waals surface area contributed by atoms with E-state index in [9.17, 15) is 10.2 Å². The predicted octanol–water partition coefficient (Wildman–Crippen LogP) is 1.92. The summed E-state index contributed by atoms with van der Waals surface area (Å²) in [5.74, 6) is 0.315. The maximum Gasteiger partial charge on any atom is 0.0843 e. The Morgan fingerprint density at radius 3 is 2.32 bits per heavy atom. The Hall–Kier alpha value is -0.940. The van der Waals surface area contributed by atoms with Gasteiger partial charge in [-0.3, -0.25) is 0 Å². The number of hydrogen-bond donors (Lipinski definition) is 4. The van der Waals surface area contributed by atoms with Gasteiger partial charge in [-0.1, -0.05) is 32.0 Å². The maximum absolute atomic E-state index is 10.3. The van der Waals surface area contributed by atoms with Gasteiger partial charge in [-0.2, -0.15) is 5.48 Å². The molecular formula is C15H25NO3. The summed E-state index contributed by atoms with van der Waals surface area (Å²) in [6, 6.07) is 5.43. The molecule has 0 saturated heterocycles. The van der Waals surface area contributed by atoms with Gasteiger partial charge in [-0.05, 0) is 42.9 Å². The van der Waals surface area contributed by atoms with E-state index in [-0.39, 0.29) is 6.61 Å². The van der Waals surface area contributed by atoms with Crippen LogP contribution in [-0.2, 0) is 12.0 Å². The molecule has 1 aromatic rings. The van der Waals surface area contributed by atoms with E-state index in [1.807, 2.05) is 18.2 Å². The number of hydrogen-bond acceptors (Lipinski definition) is 4. The zero-order chi connectivity index (χ0) is 14.6. The average Bonchev–Trinajstić information content (AvgIpc) is 2.34. The quantitative estimate of drug-likeness (QED) is 0.594. The fourth-order valence-corrected chi connectivity index (χ4v) is 2.34. The minimum Gasteiger partial charge on any atom is -0.395 e. The molecule has 0 aliphatic rings. The van der Waals surface area contributed by atoms with Crippen LogP contribution in [0.4, 0.5) is 0 Å². The van der Waals surface area contributed by atoms with Crippen molar-refractivity contribution in [3.05, 3.63) is 34.9 Å². The van der Waals surface area contributed by atoms with Crippen LogP contribution < -0.4 is 5.48 Å². The third kappa shape index (κ3) is 4.01. The first kappa shape index (κ1) is 16.1. The van der Waals surface area contributed by atoms with E-state index < -0.39 is 11.6 Å². The number of benzene rings is 1. The SMILES string of the molecule is CC(C)c1cccc(C(C)(C)O)c1C[C@H](CO)NO. The second-order valence-corrected chi connectivity index (χ2v) is 5.80. The number of rotatable bonds is 6. The molecule has 0 fully saturated rings. The van der Waals surface area contributed by atoms with Crippen molar-refractivity contribution < 1.29 is 15.4 Å². The predicted molar refractivity (Wildman–Crippen MR) is 75.3 cm³/mol. The van der Waals surface area contributed by atoms with Gasteiger partial charge in [0, 0.05) is 0 Å². The highest BCUT2D eigenvalue weighted by Gasteiger charge is 2.24. The van der Waals surface area contributed by atoms with Crippen molar-refractivity contribution in [1.29, 1.82) is 0 Å². The van der Waals surface area contributed by atoms with Crippen LogP contribution in [0, 0.1) is 0 Å². The van der Waals surface area contributed by atoms with E-state index in [1.165, 1.54) is 0 Å². The van der Waals surface area contributed by atoms with Crippen molar-refractivity contribution >= 4 is 0 Å². The monoisotopic (exact) mass is 267 g/mol. The van der Waals surface area contributed by atoms with Crippen molar-refractivity contribution in [2.75, 3.05) is 6.61 Å². The normalized spacial score (nSPS) is 13.9. The molecule has 0 unspecified atom stereocenters. The van der Waals surface area contributed by atoms with Crippen molar-refractivity contribution in [2.24, 2.45) is 0 Å². The third-order valence-electron chi connectivity index (χ3n) is 3.35. The minimum absolute atomic E-state index is 0.159. The van der Waals surface area contributed by atoms with Crippen molar-refractivity contribution in [3.8, 4) is 0 Å². The third-order valence-corrected chi connectivity index (χ3v) is 3.35. The lowest BCUT2D eigenvalue weighted by molar-refractivity contribution is 0.0736. The van der Waals surface area contributed by atoms with E-state index in [0.29, 0.717) is 12.3 Å². The van der Waals surface area contributed by atoms with Crippen molar-refractivity contribution in [1.82, 2.24) is 5.48 Å². The van der Waals surface area contributed by atoms with Gasteiger partial charge in [-0.15, -0.1) is 0 Å². The molecule has 0 heterocycles. The molecule has 1 atom stereocenters. The Labute approximate surface area is 115 Å². The standard InChI is InChI=1S/C15H25NO3/c1-10(2)12-6-5-7-14(15(3,4)18)13(12)8-11(9-17)16-19/h5-7,10-11,16-19H,8-9H2,1-4H3/t11-/m1/s1. The van der Waals surface area contributed by atoms with Crippen LogP contribution >= 0.6 is 0 Å². The molecule has 4 N–H and O–H groups in total. The molecule has 0 bridgehead atoms. The van der Waals surface area contributed by atoms with Gasteiger partial charge in [0.05, 0.1) is 18.2 Å². The maximum atomic E-state index is 10.3. The van der Waals surface area contributed by atoms with Gasteiger partial charge >= 0.3 is 0 Å². The number of nitrogens with one attached hydrogen (secondary N) is 1. The van der Waals surface area contributed by atoms with E-state index in [4.69, 9.17) is 5.21 Å². The molecular weight excluding hydrogens is 242 g/mol. The molecule has 0 aliphatic carbocycles. The molecule has 0 aliphatic heterocycles. The Balaban J connectivity index is 3.29. The topological polar surface area (TPSA) is 72.7 Å². The van der Waals surface area contributed by atoms with Crippen LogP contribution in [0.2, 0.25) is 0 Å². The van der Waals surface area contributed by atoms with E-state index in [1.54, 1.807) is 13.8 Å². The fraction of sp³-hybridized carbons (Fsp3) is 0.600. The Bertz CT molecular complexity index is 406. The summed E-state index contributed by atoms with van der Waals surface area (Å²) in [6.07, 6.45) is 0.473. The van der Waals surface area contributed by atoms with Gasteiger partial charge in [0.2, 0.25) is 0 Å². The van der Waals surface area contributed by atoms with Crippen LogP contribution in [0.15, 0.2) is 18.2 Å². The molecule has 0 aromatic heterocycles. The van der Waals surface area contributed by atoms with Crippen LogP contribution in [0.25, 0.3) is 0 Å². The zero-order valence-corrected chi connectivity index (χ0v) is 12.1. The number of aliphatic hydroxyl groups is 2. The molecule has 4 heteroatoms. The number of aliphatic hydroxyl groups excluding tert-OH is 1. The summed E-state index contributed by atoms with van der Waals surface area (Å²) in [4.78, 5) is 0. The molecule has 108 valence electrons. The second kappa shape index (κ2) is 6.48. The lowest BCUT2D eigenvalue weighted by Crippen LogP contribution is -2.33. The van der Waals surface area contributed by atoms with Gasteiger partial charge in [0.1, 0.15) is 0 Å². The highest BCUT2D eigenvalue weighted by atomic mass is 16.5. The summed E-state index contributed by atoms with van der Waals surface area (Å²) in [5, 5.41) is 28.6. The number of hydroxylamine groups is 1. The van der Waals surface area contributed by atoms with Gasteiger partial charge in [-0.25, -0.2) is 0 Å². The van der Waals surface area contributed by atoms with Gasteiger partial charge in [0.15, 0.2) is 0 Å². The molecule has 19 heavy (non-hydrogen) atoms. The summed E-state index contributed by atoms with van der Waals surface area (Å²) >= 11 is 0. The minimum atomic E-state index is -0.949. The smallest absolute Gasteiger partial charge is 0.0843 e. The van der Waals surface area contributed by atoms with Crippen LogP contribution in [-0.4, -0.2) is 28.1 Å². The summed E-state index contributed by atoms with van der Waals surface area (Å²) in [5.41, 5.74) is 4.13. The second-order valence-electron chi connectivity index (χ2n) is 5.80. The largest absolute Gasteiger partial charge is 0.395 e. The lowest BCUT2D eigenvalue weighted by Gasteiger charge is -2.27. The Kier molecular flexibility index (Phi) is 5.50. The highest BCUT2D eigenvalue weighted by Crippen LogP contribution is 2.30. The fourth-order valence-electron chi connectivity index (χ4n) is 2.34. The summed E-state index contributed by atoms with van der Waals surface area (Å²) in [6.45, 7) is 7.52. The molecule has 0 amide bonds. The van der Waals surface area contributed by atoms with Crippen molar-refractivity contribution in [3.63, 3.8) is 0 Å². The molecule has 0 spiro atoms. The molecule has 1 rings (SSSR count). The molecule has 0 saturated carbocycles. The average molecular weight is 267 g/mol. The van der Waals surface area contributed by atoms with E-state index >= 15 is 0 Å². The molecule has 1 aromatic carbocycles. The Morgan fingerprint density at radius 1 is 1.26 bits per heavy atom. The first-order valence-electron chi connectivity index (χ1n) is 6.66. The van der Waals surface area contributed by atoms with Crippen LogP contribution in [0.3, 0.4) is 0 Å². The lowest BCUT2D eigenvalue weighted by atomic mass is 9.84. The van der Waals surface area contributed by atoms with E-state index in [2.05, 4.69) is 19.3 Å². The van der Waals surface area contributed by atoms with Gasteiger partial charge < -0.3 is 15.4 Å². The van der Waals surface area contributed by atoms with Gasteiger partial charge in [0.25, 0.3) is 0 Å². The van der Waals surface area contributed by atoms with Crippen LogP contribution in [0.5, 0.6) is 0 Å². The summed E-state index contributed by atoms with van der Waals surface area (Å²) < 4.78 is 0. The van der Waals surface area contributed by atoms with Crippen molar-refractivity contribution in [2.45, 2.75) is 51.7 Å². The summed E-state index contributed by atoms with van der Waals surface area (Å²) in [7, 11) is 0. The molecule has 0 radical (unpaired) electrons. The first-order valence-corrected chi connectivity index (χ1v) is 6.66. The molecule has 4 nitrogen and oxygen atoms in total. The van der Waals surface area contributed by atoms with E-state index in [0.717, 1.165) is 16.7 Å². The van der Waals surface area contributed by atoms with Crippen LogP contribution in [0.1, 0.15) is 50.3 Å². The Morgan fingerprint density at radius 2 is 1.89 bits per heavy atom. The highest BCUT2D eigenvalue weighted by molar-refractivity contribution is 5.40. The first-order chi connectivity index (χ1) is 8.81.